The lowest BCUT2D eigenvalue weighted by Crippen LogP contribution is -2.48. The van der Waals surface area contributed by atoms with Gasteiger partial charge >= 0.3 is 0 Å². The van der Waals surface area contributed by atoms with E-state index in [1.807, 2.05) is 6.92 Å². The summed E-state index contributed by atoms with van der Waals surface area (Å²) in [6, 6.07) is 10.6. The molecule has 0 saturated heterocycles. The average Bonchev–Trinajstić information content (AvgIpc) is 3.49. The molecule has 0 unspecified atom stereocenters. The molecule has 0 fully saturated rings. The molecule has 3 atom stereocenters. The predicted octanol–water partition coefficient (Wildman–Crippen LogP) is 0.790. The third kappa shape index (κ3) is 7.21. The highest BCUT2D eigenvalue weighted by Gasteiger charge is 2.33. The van der Waals surface area contributed by atoms with E-state index in [0.717, 1.165) is 0 Å². The molecule has 0 spiro atoms. The normalized spacial score (nSPS) is 18.3. The fraction of sp³-hybridized carbons (Fsp3) is 0.444. The number of carbonyl (C=O) groups is 2. The molecule has 1 aromatic heterocycles. The highest BCUT2D eigenvalue weighted by Crippen LogP contribution is 2.30. The Hall–Kier alpha value is -4.08. The van der Waals surface area contributed by atoms with Gasteiger partial charge in [0.2, 0.25) is 21.8 Å². The number of hydrogen-bond donors (Lipinski definition) is 2. The van der Waals surface area contributed by atoms with Crippen LogP contribution in [-0.4, -0.2) is 101 Å². The smallest absolute Gasteiger partial charge is 0.246 e. The predicted molar refractivity (Wildman–Crippen MR) is 151 cm³/mol. The molecule has 2 amide bonds. The molecule has 2 aromatic carbocycles. The van der Waals surface area contributed by atoms with Gasteiger partial charge in [-0.25, -0.2) is 13.1 Å². The van der Waals surface area contributed by atoms with Gasteiger partial charge in [-0.2, -0.15) is 4.31 Å². The molecule has 2 heterocycles. The standard InChI is InChI=1S/C27H35N7O7S/c1-18-13-34(19(2)16-35)27(37)12-20-11-21(29-26(36)15-33-17-28-30-31-33)5-10-24(20)41-25(18)14-32(3)42(38,39)23-8-6-22(40-4)7-9-23/h5-11,17-19,25,35H,12-16H2,1-4H3,(H,29,36)/t18-,19+,25-/m1/s1. The second kappa shape index (κ2) is 13.3. The minimum Gasteiger partial charge on any atom is -0.497 e. The lowest BCUT2D eigenvalue weighted by Gasteiger charge is -2.33. The first kappa shape index (κ1) is 30.9. The summed E-state index contributed by atoms with van der Waals surface area (Å²) in [5.74, 6) is 0.0240. The lowest BCUT2D eigenvalue weighted by molar-refractivity contribution is -0.134. The van der Waals surface area contributed by atoms with Gasteiger partial charge in [-0.15, -0.1) is 5.10 Å². The van der Waals surface area contributed by atoms with E-state index in [-0.39, 0.29) is 55.3 Å². The molecule has 42 heavy (non-hydrogen) atoms. The van der Waals surface area contributed by atoms with Crippen LogP contribution < -0.4 is 14.8 Å². The molecule has 4 rings (SSSR count). The Morgan fingerprint density at radius 3 is 2.64 bits per heavy atom. The maximum absolute atomic E-state index is 13.4. The van der Waals surface area contributed by atoms with E-state index >= 15 is 0 Å². The number of aliphatic hydroxyl groups excluding tert-OH is 1. The van der Waals surface area contributed by atoms with E-state index in [4.69, 9.17) is 9.47 Å². The number of nitrogens with zero attached hydrogens (tertiary/aromatic N) is 6. The fourth-order valence-electron chi connectivity index (χ4n) is 4.60. The Kier molecular flexibility index (Phi) is 9.75. The van der Waals surface area contributed by atoms with Crippen molar-refractivity contribution >= 4 is 27.5 Å². The summed E-state index contributed by atoms with van der Waals surface area (Å²) in [7, 11) is -0.887. The number of ether oxygens (including phenoxy) is 2. The van der Waals surface area contributed by atoms with Gasteiger partial charge in [0.25, 0.3) is 0 Å². The number of rotatable bonds is 10. The second-order valence-corrected chi connectivity index (χ2v) is 12.3. The monoisotopic (exact) mass is 601 g/mol. The molecule has 1 aliphatic heterocycles. The van der Waals surface area contributed by atoms with E-state index in [1.165, 1.54) is 41.6 Å². The van der Waals surface area contributed by atoms with E-state index in [0.29, 0.717) is 22.7 Å². The molecule has 1 aliphatic rings. The quantitative estimate of drug-likeness (QED) is 0.339. The fourth-order valence-corrected chi connectivity index (χ4v) is 5.79. The summed E-state index contributed by atoms with van der Waals surface area (Å²) >= 11 is 0. The zero-order chi connectivity index (χ0) is 30.4. The summed E-state index contributed by atoms with van der Waals surface area (Å²) in [5.41, 5.74) is 0.947. The number of fused-ring (bicyclic) bond motifs is 1. The summed E-state index contributed by atoms with van der Waals surface area (Å²) in [4.78, 5) is 27.6. The molecule has 0 aliphatic carbocycles. The number of benzene rings is 2. The van der Waals surface area contributed by atoms with Crippen LogP contribution in [-0.2, 0) is 32.6 Å². The molecular formula is C27H35N7O7S. The van der Waals surface area contributed by atoms with Crippen LogP contribution in [0.3, 0.4) is 0 Å². The summed E-state index contributed by atoms with van der Waals surface area (Å²) in [6.45, 7) is 3.52. The van der Waals surface area contributed by atoms with Crippen molar-refractivity contribution in [2.45, 2.75) is 43.9 Å². The van der Waals surface area contributed by atoms with Crippen molar-refractivity contribution in [1.29, 1.82) is 0 Å². The number of aromatic nitrogens is 4. The number of amides is 2. The summed E-state index contributed by atoms with van der Waals surface area (Å²) in [6.07, 6.45) is 0.622. The molecule has 14 nitrogen and oxygen atoms in total. The van der Waals surface area contributed by atoms with Gasteiger partial charge in [-0.1, -0.05) is 6.92 Å². The molecule has 0 saturated carbocycles. The third-order valence-corrected chi connectivity index (χ3v) is 8.94. The number of tetrazole rings is 1. The molecule has 0 radical (unpaired) electrons. The van der Waals surface area contributed by atoms with Gasteiger partial charge in [0.15, 0.2) is 0 Å². The Morgan fingerprint density at radius 1 is 1.26 bits per heavy atom. The Bertz CT molecular complexity index is 1480. The summed E-state index contributed by atoms with van der Waals surface area (Å²) < 4.78 is 40.8. The van der Waals surface area contributed by atoms with Crippen LogP contribution in [0, 0.1) is 5.92 Å². The van der Waals surface area contributed by atoms with Crippen LogP contribution in [0.25, 0.3) is 0 Å². The molecule has 0 bridgehead atoms. The van der Waals surface area contributed by atoms with Gasteiger partial charge in [-0.05, 0) is 59.8 Å². The van der Waals surface area contributed by atoms with Crippen molar-refractivity contribution in [2.75, 3.05) is 39.2 Å². The van der Waals surface area contributed by atoms with Crippen molar-refractivity contribution in [3.8, 4) is 11.5 Å². The highest BCUT2D eigenvalue weighted by atomic mass is 32.2. The topological polar surface area (TPSA) is 169 Å². The number of carbonyl (C=O) groups excluding carboxylic acids is 2. The van der Waals surface area contributed by atoms with Gasteiger partial charge in [0, 0.05) is 30.8 Å². The third-order valence-electron chi connectivity index (χ3n) is 7.10. The van der Waals surface area contributed by atoms with Crippen LogP contribution in [0.4, 0.5) is 5.69 Å². The maximum atomic E-state index is 13.4. The van der Waals surface area contributed by atoms with Crippen LogP contribution in [0.1, 0.15) is 19.4 Å². The average molecular weight is 602 g/mol. The second-order valence-electron chi connectivity index (χ2n) is 10.2. The summed E-state index contributed by atoms with van der Waals surface area (Å²) in [5, 5.41) is 23.3. The van der Waals surface area contributed by atoms with Crippen molar-refractivity contribution in [1.82, 2.24) is 29.4 Å². The number of anilines is 1. The molecule has 3 aromatic rings. The SMILES string of the molecule is COc1ccc(S(=O)(=O)N(C)C[C@H]2Oc3ccc(NC(=O)Cn4cnnn4)cc3CC(=O)N([C@@H](C)CO)C[C@H]2C)cc1. The first-order valence-corrected chi connectivity index (χ1v) is 14.8. The Balaban J connectivity index is 1.61. The molecule has 15 heteroatoms. The van der Waals surface area contributed by atoms with Crippen LogP contribution in [0.5, 0.6) is 11.5 Å². The lowest BCUT2D eigenvalue weighted by atomic mass is 10.0. The van der Waals surface area contributed by atoms with Gasteiger partial charge in [0.05, 0.1) is 37.6 Å². The number of nitrogens with one attached hydrogen (secondary N) is 1. The number of likely N-dealkylation sites (N-methyl/N-ethyl adjacent to an activating group) is 1. The minimum absolute atomic E-state index is 0.00503. The minimum atomic E-state index is -3.87. The number of aliphatic hydroxyl groups is 1. The van der Waals surface area contributed by atoms with Crippen molar-refractivity contribution in [3.05, 3.63) is 54.4 Å². The van der Waals surface area contributed by atoms with Crippen LogP contribution in [0.15, 0.2) is 53.7 Å². The first-order valence-electron chi connectivity index (χ1n) is 13.3. The zero-order valence-electron chi connectivity index (χ0n) is 23.9. The van der Waals surface area contributed by atoms with Gasteiger partial charge in [-0.3, -0.25) is 9.59 Å². The van der Waals surface area contributed by atoms with E-state index in [2.05, 4.69) is 20.8 Å². The van der Waals surface area contributed by atoms with E-state index in [1.54, 1.807) is 42.2 Å². The largest absolute Gasteiger partial charge is 0.497 e. The Labute approximate surface area is 244 Å². The van der Waals surface area contributed by atoms with Gasteiger partial charge in [0.1, 0.15) is 30.5 Å². The highest BCUT2D eigenvalue weighted by molar-refractivity contribution is 7.89. The Morgan fingerprint density at radius 2 is 2.00 bits per heavy atom. The maximum Gasteiger partial charge on any atom is 0.246 e. The number of methoxy groups -OCH3 is 1. The van der Waals surface area contributed by atoms with Crippen LogP contribution in [0.2, 0.25) is 0 Å². The molecular weight excluding hydrogens is 566 g/mol. The van der Waals surface area contributed by atoms with E-state index < -0.39 is 22.2 Å². The first-order chi connectivity index (χ1) is 20.0. The number of sulfonamides is 1. The van der Waals surface area contributed by atoms with Crippen molar-refractivity contribution in [2.24, 2.45) is 5.92 Å². The van der Waals surface area contributed by atoms with E-state index in [9.17, 15) is 23.1 Å². The van der Waals surface area contributed by atoms with Crippen molar-refractivity contribution in [3.63, 3.8) is 0 Å². The number of hydrogen-bond acceptors (Lipinski definition) is 10. The van der Waals surface area contributed by atoms with Crippen LogP contribution >= 0.6 is 0 Å². The molecule has 226 valence electrons. The van der Waals surface area contributed by atoms with Gasteiger partial charge < -0.3 is 24.8 Å². The van der Waals surface area contributed by atoms with Crippen molar-refractivity contribution < 1.29 is 32.6 Å². The zero-order valence-corrected chi connectivity index (χ0v) is 24.7. The molecule has 2 N–H and O–H groups in total.